The van der Waals surface area contributed by atoms with Gasteiger partial charge < -0.3 is 9.64 Å². The highest BCUT2D eigenvalue weighted by Crippen LogP contribution is 2.27. The molecule has 7 nitrogen and oxygen atoms in total. The van der Waals surface area contributed by atoms with Crippen molar-refractivity contribution in [1.82, 2.24) is 25.1 Å². The Bertz CT molecular complexity index is 686. The monoisotopic (exact) mass is 362 g/mol. The number of methoxy groups -OCH3 is 1. The maximum Gasteiger partial charge on any atom is 0.168 e. The summed E-state index contributed by atoms with van der Waals surface area (Å²) in [6.07, 6.45) is 2.04. The number of anilines is 1. The van der Waals surface area contributed by atoms with Crippen LogP contribution in [0.15, 0.2) is 24.3 Å². The molecule has 1 atom stereocenters. The van der Waals surface area contributed by atoms with E-state index in [1.54, 1.807) is 13.2 Å². The van der Waals surface area contributed by atoms with E-state index in [1.165, 1.54) is 6.07 Å². The third-order valence-corrected chi connectivity index (χ3v) is 4.88. The van der Waals surface area contributed by atoms with E-state index in [2.05, 4.69) is 32.2 Å². The number of tetrazole rings is 1. The molecule has 142 valence electrons. The maximum atomic E-state index is 14.0. The van der Waals surface area contributed by atoms with Gasteiger partial charge in [-0.2, -0.15) is 0 Å². The second kappa shape index (κ2) is 9.05. The summed E-state index contributed by atoms with van der Waals surface area (Å²) < 4.78 is 21.0. The van der Waals surface area contributed by atoms with Crippen LogP contribution in [-0.2, 0) is 11.3 Å². The van der Waals surface area contributed by atoms with E-state index in [9.17, 15) is 4.39 Å². The zero-order chi connectivity index (χ0) is 18.4. The molecule has 0 amide bonds. The van der Waals surface area contributed by atoms with Gasteiger partial charge in [0.1, 0.15) is 5.82 Å². The lowest BCUT2D eigenvalue weighted by molar-refractivity contribution is 0.153. The number of hydrogen-bond acceptors (Lipinski definition) is 6. The van der Waals surface area contributed by atoms with Crippen molar-refractivity contribution >= 4 is 5.69 Å². The van der Waals surface area contributed by atoms with Crippen molar-refractivity contribution in [1.29, 1.82) is 0 Å². The van der Waals surface area contributed by atoms with Gasteiger partial charge in [-0.3, -0.25) is 4.90 Å². The first-order chi connectivity index (χ1) is 12.7. The van der Waals surface area contributed by atoms with Gasteiger partial charge in [-0.1, -0.05) is 25.5 Å². The highest BCUT2D eigenvalue weighted by molar-refractivity contribution is 5.48. The van der Waals surface area contributed by atoms with Crippen LogP contribution in [0.4, 0.5) is 10.1 Å². The van der Waals surface area contributed by atoms with Crippen molar-refractivity contribution in [3.8, 4) is 0 Å². The average molecular weight is 362 g/mol. The van der Waals surface area contributed by atoms with E-state index in [0.29, 0.717) is 18.8 Å². The molecule has 1 aliphatic heterocycles. The molecular formula is C18H27FN6O. The van der Waals surface area contributed by atoms with Crippen LogP contribution in [0.5, 0.6) is 0 Å². The molecule has 0 radical (unpaired) electrons. The van der Waals surface area contributed by atoms with Crippen LogP contribution in [0, 0.1) is 5.82 Å². The molecule has 0 unspecified atom stereocenters. The van der Waals surface area contributed by atoms with E-state index in [0.717, 1.165) is 44.8 Å². The molecule has 0 bridgehead atoms. The first kappa shape index (κ1) is 18.7. The van der Waals surface area contributed by atoms with Crippen molar-refractivity contribution in [2.24, 2.45) is 0 Å². The van der Waals surface area contributed by atoms with Crippen molar-refractivity contribution in [2.75, 3.05) is 44.8 Å². The second-order valence-corrected chi connectivity index (χ2v) is 6.53. The molecule has 1 aliphatic rings. The van der Waals surface area contributed by atoms with Gasteiger partial charge >= 0.3 is 0 Å². The summed E-state index contributed by atoms with van der Waals surface area (Å²) in [6.45, 7) is 6.70. The number of para-hydroxylation sites is 1. The summed E-state index contributed by atoms with van der Waals surface area (Å²) in [5, 5.41) is 12.3. The zero-order valence-electron chi connectivity index (χ0n) is 15.5. The summed E-state index contributed by atoms with van der Waals surface area (Å²) in [5.41, 5.74) is 0.684. The van der Waals surface area contributed by atoms with Crippen LogP contribution in [-0.4, -0.2) is 65.0 Å². The molecule has 0 aliphatic carbocycles. The molecule has 1 saturated heterocycles. The van der Waals surface area contributed by atoms with Gasteiger partial charge in [-0.25, -0.2) is 9.07 Å². The minimum atomic E-state index is -0.158. The van der Waals surface area contributed by atoms with E-state index in [4.69, 9.17) is 4.74 Å². The molecule has 26 heavy (non-hydrogen) atoms. The molecule has 3 rings (SSSR count). The molecule has 0 spiro atoms. The Morgan fingerprint density at radius 3 is 2.65 bits per heavy atom. The Balaban J connectivity index is 1.69. The Hall–Kier alpha value is -2.06. The largest absolute Gasteiger partial charge is 0.383 e. The van der Waals surface area contributed by atoms with Gasteiger partial charge in [0.15, 0.2) is 5.82 Å². The number of piperazine rings is 1. The molecular weight excluding hydrogens is 335 g/mol. The first-order valence-electron chi connectivity index (χ1n) is 9.23. The van der Waals surface area contributed by atoms with Crippen LogP contribution in [0.1, 0.15) is 31.6 Å². The van der Waals surface area contributed by atoms with E-state index < -0.39 is 0 Å². The van der Waals surface area contributed by atoms with Crippen LogP contribution in [0.25, 0.3) is 0 Å². The minimum absolute atomic E-state index is 0.158. The molecule has 1 fully saturated rings. The van der Waals surface area contributed by atoms with Crippen molar-refractivity contribution < 1.29 is 9.13 Å². The number of aromatic nitrogens is 4. The summed E-state index contributed by atoms with van der Waals surface area (Å²) in [6, 6.07) is 7.15. The van der Waals surface area contributed by atoms with Crippen LogP contribution in [0.2, 0.25) is 0 Å². The molecule has 2 aromatic rings. The second-order valence-electron chi connectivity index (χ2n) is 6.53. The smallest absolute Gasteiger partial charge is 0.168 e. The number of rotatable bonds is 8. The minimum Gasteiger partial charge on any atom is -0.383 e. The SMILES string of the molecule is CCC[C@@H](c1nnnn1CCOC)N1CCN(c2ccccc2F)CC1. The standard InChI is InChI=1S/C18H27FN6O/c1-3-6-17(18-20-21-22-25(18)13-14-26-2)24-11-9-23(10-12-24)16-8-5-4-7-15(16)19/h4-5,7-8,17H,3,6,9-14H2,1-2H3/t17-/m0/s1. The lowest BCUT2D eigenvalue weighted by Crippen LogP contribution is -2.48. The maximum absolute atomic E-state index is 14.0. The molecule has 0 saturated carbocycles. The van der Waals surface area contributed by atoms with Gasteiger partial charge in [0, 0.05) is 33.3 Å². The van der Waals surface area contributed by atoms with E-state index >= 15 is 0 Å². The summed E-state index contributed by atoms with van der Waals surface area (Å²) in [4.78, 5) is 4.53. The topological polar surface area (TPSA) is 59.3 Å². The molecule has 8 heteroatoms. The molecule has 1 aromatic carbocycles. The Morgan fingerprint density at radius 2 is 1.96 bits per heavy atom. The van der Waals surface area contributed by atoms with Crippen LogP contribution >= 0.6 is 0 Å². The zero-order valence-corrected chi connectivity index (χ0v) is 15.5. The van der Waals surface area contributed by atoms with Crippen molar-refractivity contribution in [3.63, 3.8) is 0 Å². The summed E-state index contributed by atoms with van der Waals surface area (Å²) >= 11 is 0. The quantitative estimate of drug-likeness (QED) is 0.717. The predicted octanol–water partition coefficient (Wildman–Crippen LogP) is 2.12. The van der Waals surface area contributed by atoms with E-state index in [1.807, 2.05) is 16.8 Å². The third-order valence-electron chi connectivity index (χ3n) is 4.88. The lowest BCUT2D eigenvalue weighted by Gasteiger charge is -2.39. The number of nitrogens with zero attached hydrogens (tertiary/aromatic N) is 6. The number of hydrogen-bond donors (Lipinski definition) is 0. The molecule has 2 heterocycles. The average Bonchev–Trinajstić information content (AvgIpc) is 3.13. The number of benzene rings is 1. The normalized spacial score (nSPS) is 16.8. The van der Waals surface area contributed by atoms with Crippen molar-refractivity contribution in [3.05, 3.63) is 35.9 Å². The van der Waals surface area contributed by atoms with Crippen LogP contribution < -0.4 is 4.90 Å². The van der Waals surface area contributed by atoms with Gasteiger partial charge in [-0.15, -0.1) is 5.10 Å². The van der Waals surface area contributed by atoms with Gasteiger partial charge in [0.05, 0.1) is 24.9 Å². The first-order valence-corrected chi connectivity index (χ1v) is 9.23. The Morgan fingerprint density at radius 1 is 1.19 bits per heavy atom. The Labute approximate surface area is 153 Å². The van der Waals surface area contributed by atoms with Gasteiger partial charge in [0.25, 0.3) is 0 Å². The van der Waals surface area contributed by atoms with Gasteiger partial charge in [0.2, 0.25) is 0 Å². The highest BCUT2D eigenvalue weighted by atomic mass is 19.1. The number of halogens is 1. The van der Waals surface area contributed by atoms with Crippen LogP contribution in [0.3, 0.4) is 0 Å². The third kappa shape index (κ3) is 4.19. The lowest BCUT2D eigenvalue weighted by atomic mass is 10.1. The predicted molar refractivity (Wildman–Crippen MR) is 97.5 cm³/mol. The summed E-state index contributed by atoms with van der Waals surface area (Å²) in [5.74, 6) is 0.734. The molecule has 0 N–H and O–H groups in total. The summed E-state index contributed by atoms with van der Waals surface area (Å²) in [7, 11) is 1.68. The number of ether oxygens (including phenoxy) is 1. The Kier molecular flexibility index (Phi) is 6.51. The van der Waals surface area contributed by atoms with Crippen molar-refractivity contribution in [2.45, 2.75) is 32.4 Å². The highest BCUT2D eigenvalue weighted by Gasteiger charge is 2.29. The van der Waals surface area contributed by atoms with Gasteiger partial charge in [-0.05, 0) is 29.0 Å². The molecule has 1 aromatic heterocycles. The fraction of sp³-hybridized carbons (Fsp3) is 0.611. The fourth-order valence-corrected chi connectivity index (χ4v) is 3.52. The van der Waals surface area contributed by atoms with E-state index in [-0.39, 0.29) is 11.9 Å². The fourth-order valence-electron chi connectivity index (χ4n) is 3.52.